The van der Waals surface area contributed by atoms with Gasteiger partial charge in [-0.15, -0.1) is 0 Å². The first-order chi connectivity index (χ1) is 16.1. The first kappa shape index (κ1) is 22.4. The molecule has 168 valence electrons. The Labute approximate surface area is 194 Å². The number of carbonyl (C=O) groups excluding carboxylic acids is 1. The second kappa shape index (κ2) is 10.7. The van der Waals surface area contributed by atoms with Gasteiger partial charge in [0.25, 0.3) is 5.91 Å². The van der Waals surface area contributed by atoms with E-state index >= 15 is 0 Å². The highest BCUT2D eigenvalue weighted by Gasteiger charge is 2.21. The molecule has 1 amide bonds. The third-order valence-electron chi connectivity index (χ3n) is 5.76. The fraction of sp³-hybridized carbons (Fsp3) is 0.222. The molecule has 2 aromatic heterocycles. The molecule has 0 saturated carbocycles. The minimum Gasteiger partial charge on any atom is -0.447 e. The molecule has 4 aromatic rings. The molecule has 2 heterocycles. The van der Waals surface area contributed by atoms with Crippen molar-refractivity contribution < 1.29 is 9.21 Å². The second-order valence-corrected chi connectivity index (χ2v) is 8.09. The van der Waals surface area contributed by atoms with Gasteiger partial charge in [0, 0.05) is 31.5 Å². The van der Waals surface area contributed by atoms with Crippen LogP contribution in [0.2, 0.25) is 0 Å². The number of amides is 1. The summed E-state index contributed by atoms with van der Waals surface area (Å²) in [5.41, 5.74) is 4.91. The third kappa shape index (κ3) is 5.93. The monoisotopic (exact) mass is 440 g/mol. The van der Waals surface area contributed by atoms with Gasteiger partial charge in [-0.05, 0) is 42.2 Å². The molecule has 0 aliphatic carbocycles. The molecule has 0 aliphatic rings. The van der Waals surface area contributed by atoms with Crippen molar-refractivity contribution in [2.45, 2.75) is 39.5 Å². The van der Waals surface area contributed by atoms with E-state index in [0.717, 1.165) is 12.1 Å². The van der Waals surface area contributed by atoms with Crippen molar-refractivity contribution in [2.75, 3.05) is 0 Å². The molecule has 0 unspecified atom stereocenters. The van der Waals surface area contributed by atoms with Gasteiger partial charge < -0.3 is 9.73 Å². The van der Waals surface area contributed by atoms with Gasteiger partial charge in [0.1, 0.15) is 6.26 Å². The van der Waals surface area contributed by atoms with E-state index in [1.54, 1.807) is 12.4 Å². The van der Waals surface area contributed by atoms with Crippen LogP contribution in [-0.2, 0) is 19.6 Å². The minimum absolute atomic E-state index is 0.139. The number of rotatable bonds is 9. The van der Waals surface area contributed by atoms with Gasteiger partial charge >= 0.3 is 0 Å². The quantitative estimate of drug-likeness (QED) is 0.393. The van der Waals surface area contributed by atoms with E-state index in [2.05, 4.69) is 64.4 Å². The Morgan fingerprint density at radius 1 is 1.03 bits per heavy atom. The molecular weight excluding hydrogens is 412 g/mol. The maximum absolute atomic E-state index is 12.5. The molecule has 6 heteroatoms. The number of pyridine rings is 1. The number of benzene rings is 2. The van der Waals surface area contributed by atoms with E-state index in [-0.39, 0.29) is 17.6 Å². The molecule has 2 aromatic carbocycles. The van der Waals surface area contributed by atoms with E-state index in [1.165, 1.54) is 23.0 Å². The Morgan fingerprint density at radius 3 is 2.58 bits per heavy atom. The van der Waals surface area contributed by atoms with Gasteiger partial charge in [0.05, 0.1) is 6.54 Å². The number of aromatic nitrogens is 2. The van der Waals surface area contributed by atoms with Gasteiger partial charge in [-0.1, -0.05) is 60.7 Å². The maximum Gasteiger partial charge on any atom is 0.273 e. The molecule has 0 radical (unpaired) electrons. The standard InChI is InChI=1S/C27H28N4O2/c1-20-9-6-7-13-24(20)17-31(21(2)23-11-4-3-5-12-23)18-26-30-25(19-33-26)27(32)29-16-22-10-8-14-28-15-22/h3-15,19,21H,16-18H2,1-2H3,(H,29,32)/t21-/m1/s1. The zero-order valence-corrected chi connectivity index (χ0v) is 18.9. The number of aryl methyl sites for hydroxylation is 1. The molecule has 33 heavy (non-hydrogen) atoms. The van der Waals surface area contributed by atoms with Crippen LogP contribution in [0.25, 0.3) is 0 Å². The van der Waals surface area contributed by atoms with E-state index in [9.17, 15) is 4.79 Å². The molecule has 0 aliphatic heterocycles. The summed E-state index contributed by atoms with van der Waals surface area (Å²) in [4.78, 5) is 23.4. The Bertz CT molecular complexity index is 1170. The largest absolute Gasteiger partial charge is 0.447 e. The zero-order chi connectivity index (χ0) is 23.0. The maximum atomic E-state index is 12.5. The average molecular weight is 441 g/mol. The van der Waals surface area contributed by atoms with Crippen LogP contribution in [0, 0.1) is 6.92 Å². The normalized spacial score (nSPS) is 12.0. The fourth-order valence-corrected chi connectivity index (χ4v) is 3.72. The van der Waals surface area contributed by atoms with Gasteiger partial charge in [-0.3, -0.25) is 14.7 Å². The molecule has 6 nitrogen and oxygen atoms in total. The Balaban J connectivity index is 1.48. The summed E-state index contributed by atoms with van der Waals surface area (Å²) in [6.45, 7) is 5.92. The lowest BCUT2D eigenvalue weighted by molar-refractivity contribution is 0.0945. The highest BCUT2D eigenvalue weighted by Crippen LogP contribution is 2.25. The molecule has 1 N–H and O–H groups in total. The van der Waals surface area contributed by atoms with Crippen molar-refractivity contribution in [2.24, 2.45) is 0 Å². The predicted molar refractivity (Wildman–Crippen MR) is 127 cm³/mol. The number of hydrogen-bond acceptors (Lipinski definition) is 5. The lowest BCUT2D eigenvalue weighted by atomic mass is 10.0. The SMILES string of the molecule is Cc1ccccc1CN(Cc1nc(C(=O)NCc2cccnc2)co1)[C@H](C)c1ccccc1. The summed E-state index contributed by atoms with van der Waals surface area (Å²) in [7, 11) is 0. The number of oxazole rings is 1. The lowest BCUT2D eigenvalue weighted by Crippen LogP contribution is -2.27. The van der Waals surface area contributed by atoms with Crippen LogP contribution in [-0.4, -0.2) is 20.8 Å². The topological polar surface area (TPSA) is 71.3 Å². The van der Waals surface area contributed by atoms with Gasteiger partial charge in [-0.25, -0.2) is 4.98 Å². The molecule has 1 atom stereocenters. The lowest BCUT2D eigenvalue weighted by Gasteiger charge is -2.29. The van der Waals surface area contributed by atoms with E-state index in [4.69, 9.17) is 4.42 Å². The first-order valence-corrected chi connectivity index (χ1v) is 11.0. The number of carbonyl (C=O) groups is 1. The molecule has 4 rings (SSSR count). The van der Waals surface area contributed by atoms with Crippen LogP contribution in [0.4, 0.5) is 0 Å². The minimum atomic E-state index is -0.268. The van der Waals surface area contributed by atoms with Crippen LogP contribution in [0.1, 0.15) is 51.6 Å². The smallest absolute Gasteiger partial charge is 0.273 e. The molecule has 0 spiro atoms. The van der Waals surface area contributed by atoms with Crippen molar-refractivity contribution in [1.82, 2.24) is 20.2 Å². The van der Waals surface area contributed by atoms with Crippen molar-refractivity contribution in [3.05, 3.63) is 119 Å². The second-order valence-electron chi connectivity index (χ2n) is 8.09. The van der Waals surface area contributed by atoms with Crippen LogP contribution >= 0.6 is 0 Å². The van der Waals surface area contributed by atoms with Gasteiger partial charge in [0.2, 0.25) is 5.89 Å². The summed E-state index contributed by atoms with van der Waals surface area (Å²) in [6.07, 6.45) is 4.85. The summed E-state index contributed by atoms with van der Waals surface area (Å²) in [5.74, 6) is 0.244. The van der Waals surface area contributed by atoms with Crippen LogP contribution < -0.4 is 5.32 Å². The third-order valence-corrected chi connectivity index (χ3v) is 5.76. The van der Waals surface area contributed by atoms with Gasteiger partial charge in [-0.2, -0.15) is 0 Å². The van der Waals surface area contributed by atoms with Crippen LogP contribution in [0.3, 0.4) is 0 Å². The Hall–Kier alpha value is -3.77. The van der Waals surface area contributed by atoms with Crippen molar-refractivity contribution >= 4 is 5.91 Å². The van der Waals surface area contributed by atoms with Crippen molar-refractivity contribution in [1.29, 1.82) is 0 Å². The Kier molecular flexibility index (Phi) is 7.27. The zero-order valence-electron chi connectivity index (χ0n) is 18.9. The highest BCUT2D eigenvalue weighted by molar-refractivity contribution is 5.91. The summed E-state index contributed by atoms with van der Waals surface area (Å²) >= 11 is 0. The fourth-order valence-electron chi connectivity index (χ4n) is 3.72. The molecular formula is C27H28N4O2. The number of nitrogens with zero attached hydrogens (tertiary/aromatic N) is 3. The average Bonchev–Trinajstić information content (AvgIpc) is 3.33. The molecule has 0 bridgehead atoms. The van der Waals surface area contributed by atoms with Crippen LogP contribution in [0.15, 0.2) is 89.8 Å². The van der Waals surface area contributed by atoms with E-state index in [0.29, 0.717) is 19.0 Å². The molecule has 0 saturated heterocycles. The molecule has 0 fully saturated rings. The summed E-state index contributed by atoms with van der Waals surface area (Å²) < 4.78 is 5.70. The van der Waals surface area contributed by atoms with E-state index < -0.39 is 0 Å². The van der Waals surface area contributed by atoms with Crippen molar-refractivity contribution in [3.8, 4) is 0 Å². The Morgan fingerprint density at radius 2 is 1.82 bits per heavy atom. The van der Waals surface area contributed by atoms with Crippen LogP contribution in [0.5, 0.6) is 0 Å². The van der Waals surface area contributed by atoms with E-state index in [1.807, 2.05) is 36.4 Å². The highest BCUT2D eigenvalue weighted by atomic mass is 16.3. The van der Waals surface area contributed by atoms with Gasteiger partial charge in [0.15, 0.2) is 5.69 Å². The first-order valence-electron chi connectivity index (χ1n) is 11.0. The summed E-state index contributed by atoms with van der Waals surface area (Å²) in [5, 5.41) is 2.86. The predicted octanol–water partition coefficient (Wildman–Crippen LogP) is 5.07. The summed E-state index contributed by atoms with van der Waals surface area (Å²) in [6, 6.07) is 22.6. The number of nitrogens with one attached hydrogen (secondary N) is 1. The number of hydrogen-bond donors (Lipinski definition) is 1. The van der Waals surface area contributed by atoms with Crippen molar-refractivity contribution in [3.63, 3.8) is 0 Å².